The number of allylic oxidation sites excluding steroid dienone is 2. The van der Waals surface area contributed by atoms with Crippen LogP contribution in [0.15, 0.2) is 22.3 Å². The van der Waals surface area contributed by atoms with E-state index in [1.807, 2.05) is 13.8 Å². The predicted octanol–water partition coefficient (Wildman–Crippen LogP) is 4.99. The minimum atomic E-state index is -4.57. The van der Waals surface area contributed by atoms with Gasteiger partial charge in [0.25, 0.3) is 0 Å². The molecule has 0 aliphatic heterocycles. The average molecular weight is 337 g/mol. The van der Waals surface area contributed by atoms with Crippen molar-refractivity contribution in [3.05, 3.63) is 22.3 Å². The van der Waals surface area contributed by atoms with Crippen molar-refractivity contribution in [1.82, 2.24) is 0 Å². The van der Waals surface area contributed by atoms with Crippen LogP contribution >= 0.6 is 11.6 Å². The Morgan fingerprint density at radius 2 is 1.77 bits per heavy atom. The molecule has 0 aromatic carbocycles. The number of carbonyl (C=O) groups excluding carboxylic acids is 1. The summed E-state index contributed by atoms with van der Waals surface area (Å²) in [6.07, 6.45) is -2.41. The van der Waals surface area contributed by atoms with Crippen LogP contribution in [0.25, 0.3) is 0 Å². The molecule has 6 heteroatoms. The fourth-order valence-electron chi connectivity index (χ4n) is 3.12. The molecule has 0 saturated heterocycles. The van der Waals surface area contributed by atoms with Gasteiger partial charge in [-0.2, -0.15) is 13.2 Å². The second-order valence-electron chi connectivity index (χ2n) is 6.86. The molecule has 22 heavy (non-hydrogen) atoms. The molecule has 0 radical (unpaired) electrons. The Kier molecular flexibility index (Phi) is 4.42. The molecular formula is C16H20ClF3O2. The minimum absolute atomic E-state index is 0.188. The van der Waals surface area contributed by atoms with E-state index < -0.39 is 34.4 Å². The lowest BCUT2D eigenvalue weighted by atomic mass is 10.1. The van der Waals surface area contributed by atoms with Crippen LogP contribution in [-0.2, 0) is 9.53 Å². The zero-order valence-corrected chi connectivity index (χ0v) is 13.8. The van der Waals surface area contributed by atoms with Crippen molar-refractivity contribution < 1.29 is 22.7 Å². The van der Waals surface area contributed by atoms with Gasteiger partial charge in [0.15, 0.2) is 0 Å². The van der Waals surface area contributed by atoms with E-state index in [-0.39, 0.29) is 6.10 Å². The molecule has 1 saturated carbocycles. The normalized spacial score (nSPS) is 29.0. The second-order valence-corrected chi connectivity index (χ2v) is 7.27. The first-order chi connectivity index (χ1) is 9.94. The maximum atomic E-state index is 12.5. The Morgan fingerprint density at radius 1 is 1.27 bits per heavy atom. The summed E-state index contributed by atoms with van der Waals surface area (Å²) in [7, 11) is 0. The molecule has 2 atom stereocenters. The Balaban J connectivity index is 2.00. The van der Waals surface area contributed by atoms with Gasteiger partial charge < -0.3 is 4.74 Å². The van der Waals surface area contributed by atoms with Crippen LogP contribution < -0.4 is 0 Å². The van der Waals surface area contributed by atoms with Crippen LogP contribution in [0.3, 0.4) is 0 Å². The number of hydrogen-bond acceptors (Lipinski definition) is 2. The molecule has 2 rings (SSSR count). The lowest BCUT2D eigenvalue weighted by molar-refractivity contribution is -0.151. The Hall–Kier alpha value is -0.970. The molecule has 2 aliphatic carbocycles. The fraction of sp³-hybridized carbons (Fsp3) is 0.688. The quantitative estimate of drug-likeness (QED) is 0.536. The summed E-state index contributed by atoms with van der Waals surface area (Å²) in [6.45, 7) is 7.51. The number of rotatable bonds is 3. The Labute approximate surface area is 133 Å². The molecule has 0 aromatic heterocycles. The highest BCUT2D eigenvalue weighted by Crippen LogP contribution is 2.60. The summed E-state index contributed by atoms with van der Waals surface area (Å²) in [5.74, 6) is -1.53. The Bertz CT molecular complexity index is 532. The SMILES string of the molecule is CC1=C(C)CC(OC(=O)[C@@H]2[C@@H](C=C(Cl)C(F)(F)F)C2(C)C)C1. The minimum Gasteiger partial charge on any atom is -0.461 e. The van der Waals surface area contributed by atoms with Crippen LogP contribution in [-0.4, -0.2) is 18.2 Å². The molecule has 0 aromatic rings. The molecular weight excluding hydrogens is 317 g/mol. The number of hydrogen-bond donors (Lipinski definition) is 0. The number of carbonyl (C=O) groups is 1. The zero-order valence-electron chi connectivity index (χ0n) is 13.1. The van der Waals surface area contributed by atoms with Crippen molar-refractivity contribution in [2.75, 3.05) is 0 Å². The third-order valence-corrected chi connectivity index (χ3v) is 5.18. The van der Waals surface area contributed by atoms with E-state index in [1.165, 1.54) is 11.1 Å². The average Bonchev–Trinajstić information content (AvgIpc) is 2.73. The molecule has 0 spiro atoms. The highest BCUT2D eigenvalue weighted by atomic mass is 35.5. The van der Waals surface area contributed by atoms with Gasteiger partial charge in [0.1, 0.15) is 11.1 Å². The Morgan fingerprint density at radius 3 is 2.23 bits per heavy atom. The van der Waals surface area contributed by atoms with Crippen molar-refractivity contribution in [2.24, 2.45) is 17.3 Å². The third-order valence-electron chi connectivity index (χ3n) is 4.84. The number of esters is 1. The van der Waals surface area contributed by atoms with E-state index >= 15 is 0 Å². The topological polar surface area (TPSA) is 26.3 Å². The van der Waals surface area contributed by atoms with Gasteiger partial charge in [0, 0.05) is 12.8 Å². The summed E-state index contributed by atoms with van der Waals surface area (Å²) in [4.78, 5) is 12.2. The van der Waals surface area contributed by atoms with Gasteiger partial charge in [-0.15, -0.1) is 0 Å². The predicted molar refractivity (Wildman–Crippen MR) is 78.2 cm³/mol. The van der Waals surface area contributed by atoms with Gasteiger partial charge in [-0.1, -0.05) is 42.7 Å². The van der Waals surface area contributed by atoms with E-state index in [4.69, 9.17) is 16.3 Å². The first-order valence-electron chi connectivity index (χ1n) is 7.24. The van der Waals surface area contributed by atoms with E-state index in [1.54, 1.807) is 13.8 Å². The first kappa shape index (κ1) is 17.4. The van der Waals surface area contributed by atoms with E-state index in [0.29, 0.717) is 12.8 Å². The van der Waals surface area contributed by atoms with Crippen LogP contribution in [0.1, 0.15) is 40.5 Å². The lowest BCUT2D eigenvalue weighted by Gasteiger charge is -2.12. The van der Waals surface area contributed by atoms with Gasteiger partial charge in [0.05, 0.1) is 5.92 Å². The molecule has 2 nitrogen and oxygen atoms in total. The zero-order chi connectivity index (χ0) is 16.9. The summed E-state index contributed by atoms with van der Waals surface area (Å²) in [6, 6.07) is 0. The second kappa shape index (κ2) is 5.59. The molecule has 1 fully saturated rings. The highest BCUT2D eigenvalue weighted by molar-refractivity contribution is 6.30. The summed E-state index contributed by atoms with van der Waals surface area (Å²) < 4.78 is 43.0. The summed E-state index contributed by atoms with van der Waals surface area (Å²) in [5.41, 5.74) is 1.87. The summed E-state index contributed by atoms with van der Waals surface area (Å²) >= 11 is 5.28. The smallest absolute Gasteiger partial charge is 0.426 e. The molecule has 0 amide bonds. The molecule has 0 heterocycles. The standard InChI is InChI=1S/C16H20ClF3O2/c1-8-5-10(6-9(8)2)22-14(21)13-11(15(13,3)4)7-12(17)16(18,19)20/h7,10-11,13H,5-6H2,1-4H3/t11-,13+/m1/s1. The third kappa shape index (κ3) is 3.34. The van der Waals surface area contributed by atoms with Crippen molar-refractivity contribution >= 4 is 17.6 Å². The monoisotopic (exact) mass is 336 g/mol. The molecule has 0 unspecified atom stereocenters. The maximum absolute atomic E-state index is 12.5. The van der Waals surface area contributed by atoms with Crippen LogP contribution in [0.4, 0.5) is 13.2 Å². The molecule has 2 aliphatic rings. The van der Waals surface area contributed by atoms with Crippen LogP contribution in [0.5, 0.6) is 0 Å². The lowest BCUT2D eigenvalue weighted by Crippen LogP contribution is -2.19. The van der Waals surface area contributed by atoms with Gasteiger partial charge in [-0.05, 0) is 25.2 Å². The summed E-state index contributed by atoms with van der Waals surface area (Å²) in [5, 5.41) is -1.17. The number of alkyl halides is 3. The van der Waals surface area contributed by atoms with Crippen molar-refractivity contribution in [2.45, 2.75) is 52.8 Å². The van der Waals surface area contributed by atoms with Crippen molar-refractivity contribution in [1.29, 1.82) is 0 Å². The van der Waals surface area contributed by atoms with E-state index in [2.05, 4.69) is 0 Å². The van der Waals surface area contributed by atoms with Gasteiger partial charge in [-0.25, -0.2) is 0 Å². The van der Waals surface area contributed by atoms with E-state index in [9.17, 15) is 18.0 Å². The van der Waals surface area contributed by atoms with Gasteiger partial charge in [-0.3, -0.25) is 4.79 Å². The first-order valence-corrected chi connectivity index (χ1v) is 7.62. The van der Waals surface area contributed by atoms with Gasteiger partial charge in [0.2, 0.25) is 0 Å². The van der Waals surface area contributed by atoms with Crippen LogP contribution in [0, 0.1) is 17.3 Å². The highest BCUT2D eigenvalue weighted by Gasteiger charge is 2.62. The number of halogens is 4. The van der Waals surface area contributed by atoms with Gasteiger partial charge >= 0.3 is 12.1 Å². The molecule has 0 bridgehead atoms. The number of ether oxygens (including phenoxy) is 1. The van der Waals surface area contributed by atoms with Crippen molar-refractivity contribution in [3.63, 3.8) is 0 Å². The maximum Gasteiger partial charge on any atom is 0.426 e. The molecule has 124 valence electrons. The van der Waals surface area contributed by atoms with E-state index in [0.717, 1.165) is 6.08 Å². The fourth-order valence-corrected chi connectivity index (χ4v) is 3.25. The molecule has 0 N–H and O–H groups in total. The largest absolute Gasteiger partial charge is 0.461 e. The van der Waals surface area contributed by atoms with Crippen LogP contribution in [0.2, 0.25) is 0 Å². The van der Waals surface area contributed by atoms with Crippen molar-refractivity contribution in [3.8, 4) is 0 Å².